The van der Waals surface area contributed by atoms with Gasteiger partial charge in [-0.25, -0.2) is 4.79 Å². The minimum atomic E-state index is -0.270. The van der Waals surface area contributed by atoms with Gasteiger partial charge in [-0.05, 0) is 42.7 Å². The van der Waals surface area contributed by atoms with Gasteiger partial charge in [0, 0.05) is 21.8 Å². The summed E-state index contributed by atoms with van der Waals surface area (Å²) in [5.41, 5.74) is 2.81. The SMILES string of the molecule is CCOC(=O)c1cc(Br)cc2c(C3CCSC3)c[nH]c12. The van der Waals surface area contributed by atoms with Crippen LogP contribution in [0, 0.1) is 0 Å². The smallest absolute Gasteiger partial charge is 0.340 e. The van der Waals surface area contributed by atoms with Crippen LogP contribution in [-0.2, 0) is 4.74 Å². The summed E-state index contributed by atoms with van der Waals surface area (Å²) < 4.78 is 6.06. The van der Waals surface area contributed by atoms with E-state index in [1.807, 2.05) is 24.8 Å². The number of nitrogens with one attached hydrogen (secondary N) is 1. The molecule has 1 fully saturated rings. The summed E-state index contributed by atoms with van der Waals surface area (Å²) in [6, 6.07) is 3.91. The zero-order chi connectivity index (χ0) is 14.1. The molecule has 1 atom stereocenters. The first-order valence-corrected chi connectivity index (χ1v) is 8.71. The molecule has 1 aliphatic heterocycles. The molecule has 1 aromatic carbocycles. The van der Waals surface area contributed by atoms with Crippen molar-refractivity contribution in [3.63, 3.8) is 0 Å². The second-order valence-corrected chi connectivity index (χ2v) is 6.97. The lowest BCUT2D eigenvalue weighted by Gasteiger charge is -2.08. The molecule has 0 bridgehead atoms. The maximum Gasteiger partial charge on any atom is 0.340 e. The molecule has 0 spiro atoms. The molecule has 3 nitrogen and oxygen atoms in total. The van der Waals surface area contributed by atoms with E-state index in [4.69, 9.17) is 4.74 Å². The summed E-state index contributed by atoms with van der Waals surface area (Å²) in [5, 5.41) is 1.13. The molecule has 1 aromatic heterocycles. The van der Waals surface area contributed by atoms with Gasteiger partial charge in [0.25, 0.3) is 0 Å². The number of carbonyl (C=O) groups excluding carboxylic acids is 1. The van der Waals surface area contributed by atoms with Gasteiger partial charge in [-0.2, -0.15) is 11.8 Å². The fraction of sp³-hybridized carbons (Fsp3) is 0.400. The Morgan fingerprint density at radius 3 is 3.10 bits per heavy atom. The minimum absolute atomic E-state index is 0.270. The molecule has 0 saturated carbocycles. The zero-order valence-corrected chi connectivity index (χ0v) is 13.6. The van der Waals surface area contributed by atoms with Crippen LogP contribution in [0.3, 0.4) is 0 Å². The highest BCUT2D eigenvalue weighted by Gasteiger charge is 2.23. The first-order valence-electron chi connectivity index (χ1n) is 6.76. The Kier molecular flexibility index (Phi) is 4.08. The number of H-pyrrole nitrogens is 1. The van der Waals surface area contributed by atoms with Crippen molar-refractivity contribution >= 4 is 44.6 Å². The first kappa shape index (κ1) is 14.0. The zero-order valence-electron chi connectivity index (χ0n) is 11.2. The van der Waals surface area contributed by atoms with E-state index in [-0.39, 0.29) is 5.97 Å². The monoisotopic (exact) mass is 353 g/mol. The number of carbonyl (C=O) groups is 1. The predicted molar refractivity (Wildman–Crippen MR) is 86.6 cm³/mol. The summed E-state index contributed by atoms with van der Waals surface area (Å²) in [7, 11) is 0. The van der Waals surface area contributed by atoms with Crippen LogP contribution < -0.4 is 0 Å². The molecule has 3 rings (SSSR count). The topological polar surface area (TPSA) is 42.1 Å². The van der Waals surface area contributed by atoms with E-state index in [1.165, 1.54) is 17.7 Å². The lowest BCUT2D eigenvalue weighted by Crippen LogP contribution is -2.05. The quantitative estimate of drug-likeness (QED) is 0.835. The number of rotatable bonds is 3. The van der Waals surface area contributed by atoms with E-state index in [0.29, 0.717) is 18.1 Å². The van der Waals surface area contributed by atoms with Gasteiger partial charge in [-0.1, -0.05) is 15.9 Å². The molecule has 20 heavy (non-hydrogen) atoms. The van der Waals surface area contributed by atoms with E-state index >= 15 is 0 Å². The molecular formula is C15H16BrNO2S. The Morgan fingerprint density at radius 2 is 2.40 bits per heavy atom. The van der Waals surface area contributed by atoms with Crippen LogP contribution in [0.4, 0.5) is 0 Å². The number of aromatic amines is 1. The van der Waals surface area contributed by atoms with Crippen LogP contribution >= 0.6 is 27.7 Å². The predicted octanol–water partition coefficient (Wildman–Crippen LogP) is 4.33. The average Bonchev–Trinajstić information content (AvgIpc) is 3.05. The average molecular weight is 354 g/mol. The maximum absolute atomic E-state index is 12.1. The van der Waals surface area contributed by atoms with Crippen LogP contribution in [0.15, 0.2) is 22.8 Å². The summed E-state index contributed by atoms with van der Waals surface area (Å²) in [6.45, 7) is 2.21. The van der Waals surface area contributed by atoms with Gasteiger partial charge in [0.15, 0.2) is 0 Å². The Hall–Kier alpha value is -0.940. The number of aromatic nitrogens is 1. The number of hydrogen-bond donors (Lipinski definition) is 1. The van der Waals surface area contributed by atoms with Gasteiger partial charge in [0.05, 0.1) is 17.7 Å². The highest BCUT2D eigenvalue weighted by atomic mass is 79.9. The summed E-state index contributed by atoms with van der Waals surface area (Å²) in [4.78, 5) is 15.3. The Labute approximate surface area is 130 Å². The molecule has 1 aliphatic rings. The summed E-state index contributed by atoms with van der Waals surface area (Å²) in [5.74, 6) is 2.69. The third-order valence-electron chi connectivity index (χ3n) is 3.65. The van der Waals surface area contributed by atoms with Gasteiger partial charge < -0.3 is 9.72 Å². The molecule has 2 aromatic rings. The van der Waals surface area contributed by atoms with Crippen LogP contribution in [0.5, 0.6) is 0 Å². The van der Waals surface area contributed by atoms with Crippen molar-refractivity contribution in [1.29, 1.82) is 0 Å². The standard InChI is InChI=1S/C15H16BrNO2S/c1-2-19-15(18)12-6-10(16)5-11-13(7-17-14(11)12)9-3-4-20-8-9/h5-7,9,17H,2-4,8H2,1H3. The Bertz CT molecular complexity index is 647. The van der Waals surface area contributed by atoms with E-state index in [9.17, 15) is 4.79 Å². The summed E-state index contributed by atoms with van der Waals surface area (Å²) in [6.07, 6.45) is 3.26. The molecule has 5 heteroatoms. The molecular weight excluding hydrogens is 338 g/mol. The van der Waals surface area contributed by atoms with Crippen molar-refractivity contribution in [1.82, 2.24) is 4.98 Å². The van der Waals surface area contributed by atoms with E-state index in [1.54, 1.807) is 0 Å². The minimum Gasteiger partial charge on any atom is -0.462 e. The number of halogens is 1. The third-order valence-corrected chi connectivity index (χ3v) is 5.27. The fourth-order valence-corrected chi connectivity index (χ4v) is 4.41. The number of hydrogen-bond acceptors (Lipinski definition) is 3. The number of fused-ring (bicyclic) bond motifs is 1. The largest absolute Gasteiger partial charge is 0.462 e. The lowest BCUT2D eigenvalue weighted by molar-refractivity contribution is 0.0528. The van der Waals surface area contributed by atoms with Crippen molar-refractivity contribution in [3.8, 4) is 0 Å². The number of benzene rings is 1. The Morgan fingerprint density at radius 1 is 1.55 bits per heavy atom. The van der Waals surface area contributed by atoms with Gasteiger partial charge in [-0.3, -0.25) is 0 Å². The molecule has 0 amide bonds. The number of ether oxygens (including phenoxy) is 1. The molecule has 0 radical (unpaired) electrons. The van der Waals surface area contributed by atoms with Gasteiger partial charge in [-0.15, -0.1) is 0 Å². The highest BCUT2D eigenvalue weighted by molar-refractivity contribution is 9.10. The van der Waals surface area contributed by atoms with Crippen molar-refractivity contribution in [3.05, 3.63) is 33.9 Å². The molecule has 0 aliphatic carbocycles. The van der Waals surface area contributed by atoms with Gasteiger partial charge >= 0.3 is 5.97 Å². The summed E-state index contributed by atoms with van der Waals surface area (Å²) >= 11 is 5.50. The van der Waals surface area contributed by atoms with Crippen LogP contribution in [-0.4, -0.2) is 29.1 Å². The van der Waals surface area contributed by atoms with Gasteiger partial charge in [0.1, 0.15) is 0 Å². The van der Waals surface area contributed by atoms with Crippen LogP contribution in [0.25, 0.3) is 10.9 Å². The first-order chi connectivity index (χ1) is 9.70. The second kappa shape index (κ2) is 5.82. The fourth-order valence-electron chi connectivity index (χ4n) is 2.71. The maximum atomic E-state index is 12.1. The molecule has 1 unspecified atom stereocenters. The second-order valence-electron chi connectivity index (χ2n) is 4.90. The van der Waals surface area contributed by atoms with E-state index in [0.717, 1.165) is 21.1 Å². The Balaban J connectivity index is 2.11. The number of esters is 1. The van der Waals surface area contributed by atoms with Crippen molar-refractivity contribution in [2.75, 3.05) is 18.1 Å². The number of thioether (sulfide) groups is 1. The van der Waals surface area contributed by atoms with Crippen LogP contribution in [0.2, 0.25) is 0 Å². The lowest BCUT2D eigenvalue weighted by atomic mass is 9.97. The van der Waals surface area contributed by atoms with E-state index < -0.39 is 0 Å². The highest BCUT2D eigenvalue weighted by Crippen LogP contribution is 2.38. The van der Waals surface area contributed by atoms with Crippen molar-refractivity contribution in [2.45, 2.75) is 19.3 Å². The third kappa shape index (κ3) is 2.49. The van der Waals surface area contributed by atoms with Gasteiger partial charge in [0.2, 0.25) is 0 Å². The molecule has 2 heterocycles. The van der Waals surface area contributed by atoms with E-state index in [2.05, 4.69) is 33.2 Å². The molecule has 1 N–H and O–H groups in total. The molecule has 1 saturated heterocycles. The van der Waals surface area contributed by atoms with Crippen molar-refractivity contribution < 1.29 is 9.53 Å². The van der Waals surface area contributed by atoms with Crippen molar-refractivity contribution in [2.24, 2.45) is 0 Å². The van der Waals surface area contributed by atoms with Crippen LogP contribution in [0.1, 0.15) is 35.2 Å². The molecule has 106 valence electrons. The normalized spacial score (nSPS) is 18.6.